The summed E-state index contributed by atoms with van der Waals surface area (Å²) in [5.74, 6) is 0.0563. The summed E-state index contributed by atoms with van der Waals surface area (Å²) in [6.45, 7) is 3.64. The van der Waals surface area contributed by atoms with E-state index >= 15 is 0 Å². The molecule has 0 amide bonds. The minimum absolute atomic E-state index is 0.0563. The van der Waals surface area contributed by atoms with Gasteiger partial charge in [-0.05, 0) is 19.4 Å². The van der Waals surface area contributed by atoms with Crippen molar-refractivity contribution in [2.24, 2.45) is 7.05 Å². The van der Waals surface area contributed by atoms with Crippen LogP contribution in [0.1, 0.15) is 29.9 Å². The number of nitrogens with zero attached hydrogens (tertiary/aromatic N) is 1. The lowest BCUT2D eigenvalue weighted by Gasteiger charge is -2.01. The molecule has 1 aromatic heterocycles. The molecule has 0 saturated heterocycles. The van der Waals surface area contributed by atoms with E-state index in [1.807, 2.05) is 25.2 Å². The molecule has 0 N–H and O–H groups in total. The molecule has 2 aromatic rings. The average Bonchev–Trinajstić information content (AvgIpc) is 2.51. The second kappa shape index (κ2) is 3.95. The van der Waals surface area contributed by atoms with Crippen molar-refractivity contribution < 1.29 is 4.79 Å². The molecule has 0 bridgehead atoms. The molecule has 0 saturated carbocycles. The highest BCUT2D eigenvalue weighted by Gasteiger charge is 2.16. The summed E-state index contributed by atoms with van der Waals surface area (Å²) in [5.41, 5.74) is 2.80. The average molecular weight is 236 g/mol. The van der Waals surface area contributed by atoms with Gasteiger partial charge < -0.3 is 4.57 Å². The van der Waals surface area contributed by atoms with Crippen LogP contribution in [0.15, 0.2) is 18.2 Å². The second-order valence-electron chi connectivity index (χ2n) is 3.93. The molecule has 0 fully saturated rings. The number of halogens is 1. The SMILES string of the molecule is CCc1c(Cl)c2c(C(C)=O)cccc2n1C. The largest absolute Gasteiger partial charge is 0.346 e. The maximum Gasteiger partial charge on any atom is 0.160 e. The van der Waals surface area contributed by atoms with Crippen molar-refractivity contribution in [3.63, 3.8) is 0 Å². The Morgan fingerprint density at radius 3 is 2.69 bits per heavy atom. The fourth-order valence-electron chi connectivity index (χ4n) is 2.17. The lowest BCUT2D eigenvalue weighted by molar-refractivity contribution is 0.101. The molecule has 0 unspecified atom stereocenters. The number of hydrogen-bond donors (Lipinski definition) is 0. The molecule has 1 aromatic carbocycles. The summed E-state index contributed by atoms with van der Waals surface area (Å²) < 4.78 is 2.06. The van der Waals surface area contributed by atoms with Crippen molar-refractivity contribution >= 4 is 28.3 Å². The first-order valence-electron chi connectivity index (χ1n) is 5.34. The Hall–Kier alpha value is -1.28. The fraction of sp³-hybridized carbons (Fsp3) is 0.308. The Morgan fingerprint density at radius 1 is 1.44 bits per heavy atom. The summed E-state index contributed by atoms with van der Waals surface area (Å²) in [7, 11) is 1.98. The number of carbonyl (C=O) groups is 1. The Morgan fingerprint density at radius 2 is 2.12 bits per heavy atom. The van der Waals surface area contributed by atoms with Crippen LogP contribution in [-0.4, -0.2) is 10.4 Å². The quantitative estimate of drug-likeness (QED) is 0.729. The van der Waals surface area contributed by atoms with Crippen molar-refractivity contribution in [3.8, 4) is 0 Å². The summed E-state index contributed by atoms with van der Waals surface area (Å²) >= 11 is 6.34. The van der Waals surface area contributed by atoms with Gasteiger partial charge in [0.25, 0.3) is 0 Å². The zero-order valence-corrected chi connectivity index (χ0v) is 10.4. The van der Waals surface area contributed by atoms with Gasteiger partial charge in [-0.15, -0.1) is 0 Å². The van der Waals surface area contributed by atoms with Crippen LogP contribution in [0.2, 0.25) is 5.02 Å². The number of rotatable bonds is 2. The van der Waals surface area contributed by atoms with E-state index < -0.39 is 0 Å². The van der Waals surface area contributed by atoms with Crippen molar-refractivity contribution in [1.82, 2.24) is 4.57 Å². The van der Waals surface area contributed by atoms with Crippen molar-refractivity contribution in [1.29, 1.82) is 0 Å². The third kappa shape index (κ3) is 1.45. The van der Waals surface area contributed by atoms with Crippen LogP contribution < -0.4 is 0 Å². The van der Waals surface area contributed by atoms with Gasteiger partial charge in [0, 0.05) is 23.7 Å². The zero-order valence-electron chi connectivity index (χ0n) is 9.67. The summed E-state index contributed by atoms with van der Waals surface area (Å²) in [6.07, 6.45) is 0.862. The highest BCUT2D eigenvalue weighted by molar-refractivity contribution is 6.37. The van der Waals surface area contributed by atoms with Gasteiger partial charge in [0.15, 0.2) is 5.78 Å². The third-order valence-corrected chi connectivity index (χ3v) is 3.40. The van der Waals surface area contributed by atoms with Crippen LogP contribution >= 0.6 is 11.6 Å². The van der Waals surface area contributed by atoms with Gasteiger partial charge in [-0.2, -0.15) is 0 Å². The molecule has 2 nitrogen and oxygen atoms in total. The Balaban J connectivity index is 2.93. The first-order valence-corrected chi connectivity index (χ1v) is 5.72. The van der Waals surface area contributed by atoms with Gasteiger partial charge in [-0.1, -0.05) is 30.7 Å². The van der Waals surface area contributed by atoms with E-state index in [1.165, 1.54) is 0 Å². The van der Waals surface area contributed by atoms with Crippen molar-refractivity contribution in [2.45, 2.75) is 20.3 Å². The van der Waals surface area contributed by atoms with E-state index in [-0.39, 0.29) is 5.78 Å². The minimum atomic E-state index is 0.0563. The standard InChI is InChI=1S/C13H14ClNO/c1-4-10-13(14)12-9(8(2)16)6-5-7-11(12)15(10)3/h5-7H,4H2,1-3H3. The Kier molecular flexibility index (Phi) is 2.76. The van der Waals surface area contributed by atoms with Crippen LogP contribution in [0.5, 0.6) is 0 Å². The first-order chi connectivity index (χ1) is 7.57. The van der Waals surface area contributed by atoms with E-state index in [9.17, 15) is 4.79 Å². The molecular weight excluding hydrogens is 222 g/mol. The number of benzene rings is 1. The molecule has 0 spiro atoms. The van der Waals surface area contributed by atoms with Gasteiger partial charge in [0.2, 0.25) is 0 Å². The fourth-order valence-corrected chi connectivity index (χ4v) is 2.63. The molecule has 0 aliphatic carbocycles. The molecule has 84 valence electrons. The third-order valence-electron chi connectivity index (χ3n) is 3.00. The summed E-state index contributed by atoms with van der Waals surface area (Å²) in [5, 5.41) is 1.60. The maximum absolute atomic E-state index is 11.6. The number of carbonyl (C=O) groups excluding carboxylic acids is 1. The van der Waals surface area contributed by atoms with Crippen LogP contribution in [0, 0.1) is 0 Å². The molecule has 0 radical (unpaired) electrons. The van der Waals surface area contributed by atoms with Crippen molar-refractivity contribution in [3.05, 3.63) is 34.5 Å². The predicted octanol–water partition coefficient (Wildman–Crippen LogP) is 3.60. The zero-order chi connectivity index (χ0) is 11.9. The molecule has 1 heterocycles. The number of hydrogen-bond acceptors (Lipinski definition) is 1. The lowest BCUT2D eigenvalue weighted by atomic mass is 10.1. The van der Waals surface area contributed by atoms with Crippen LogP contribution in [-0.2, 0) is 13.5 Å². The van der Waals surface area contributed by atoms with E-state index in [1.54, 1.807) is 6.92 Å². The van der Waals surface area contributed by atoms with Gasteiger partial charge >= 0.3 is 0 Å². The minimum Gasteiger partial charge on any atom is -0.346 e. The smallest absolute Gasteiger partial charge is 0.160 e. The summed E-state index contributed by atoms with van der Waals surface area (Å²) in [4.78, 5) is 11.6. The van der Waals surface area contributed by atoms with Crippen LogP contribution in [0.4, 0.5) is 0 Å². The monoisotopic (exact) mass is 235 g/mol. The van der Waals surface area contributed by atoms with Crippen LogP contribution in [0.3, 0.4) is 0 Å². The summed E-state index contributed by atoms with van der Waals surface area (Å²) in [6, 6.07) is 5.72. The van der Waals surface area contributed by atoms with Gasteiger partial charge in [-0.25, -0.2) is 0 Å². The van der Waals surface area contributed by atoms with Gasteiger partial charge in [-0.3, -0.25) is 4.79 Å². The van der Waals surface area contributed by atoms with Gasteiger partial charge in [0.1, 0.15) is 0 Å². The Labute approximate surface area is 99.8 Å². The molecular formula is C13H14ClNO. The number of ketones is 1. The van der Waals surface area contributed by atoms with E-state index in [0.717, 1.165) is 23.0 Å². The number of fused-ring (bicyclic) bond motifs is 1. The molecule has 2 rings (SSSR count). The van der Waals surface area contributed by atoms with E-state index in [0.29, 0.717) is 10.6 Å². The topological polar surface area (TPSA) is 22.0 Å². The molecule has 0 aliphatic rings. The number of aryl methyl sites for hydroxylation is 1. The first kappa shape index (κ1) is 11.2. The number of Topliss-reactive ketones (excluding diaryl/α,β-unsaturated/α-hetero) is 1. The maximum atomic E-state index is 11.6. The normalized spacial score (nSPS) is 11.0. The second-order valence-corrected chi connectivity index (χ2v) is 4.31. The van der Waals surface area contributed by atoms with Crippen molar-refractivity contribution in [2.75, 3.05) is 0 Å². The van der Waals surface area contributed by atoms with Gasteiger partial charge in [0.05, 0.1) is 10.5 Å². The molecule has 16 heavy (non-hydrogen) atoms. The predicted molar refractivity (Wildman–Crippen MR) is 67.3 cm³/mol. The number of aromatic nitrogens is 1. The molecule has 3 heteroatoms. The van der Waals surface area contributed by atoms with E-state index in [4.69, 9.17) is 11.6 Å². The highest BCUT2D eigenvalue weighted by Crippen LogP contribution is 2.33. The molecule has 0 atom stereocenters. The Bertz CT molecular complexity index is 569. The van der Waals surface area contributed by atoms with Crippen LogP contribution in [0.25, 0.3) is 10.9 Å². The lowest BCUT2D eigenvalue weighted by Crippen LogP contribution is -1.94. The highest BCUT2D eigenvalue weighted by atomic mass is 35.5. The van der Waals surface area contributed by atoms with E-state index in [2.05, 4.69) is 11.5 Å². The molecule has 0 aliphatic heterocycles.